The Labute approximate surface area is 105 Å². The molecule has 0 amide bonds. The van der Waals surface area contributed by atoms with Crippen molar-refractivity contribution in [1.82, 2.24) is 0 Å². The first-order chi connectivity index (χ1) is 8.46. The fraction of sp³-hybridized carbons (Fsp3) is 0.364. The summed E-state index contributed by atoms with van der Waals surface area (Å²) in [5.74, 6) is 0.0415. The molecule has 0 spiro atoms. The van der Waals surface area contributed by atoms with Gasteiger partial charge < -0.3 is 9.47 Å². The Kier molecular flexibility index (Phi) is 3.53. The van der Waals surface area contributed by atoms with Gasteiger partial charge in [-0.05, 0) is 18.6 Å². The number of benzene rings is 1. The van der Waals surface area contributed by atoms with E-state index >= 15 is 0 Å². The minimum Gasteiger partial charge on any atom is -0.427 e. The molecule has 1 aromatic carbocycles. The van der Waals surface area contributed by atoms with Crippen LogP contribution in [0.4, 0.5) is 4.79 Å². The number of rotatable bonds is 2. The highest BCUT2D eigenvalue weighted by molar-refractivity contribution is 7.87. The second kappa shape index (κ2) is 4.95. The Bertz CT molecular complexity index is 550. The predicted molar refractivity (Wildman–Crippen MR) is 61.8 cm³/mol. The molecule has 18 heavy (non-hydrogen) atoms. The Morgan fingerprint density at radius 2 is 2.11 bits per heavy atom. The molecule has 98 valence electrons. The number of hydrogen-bond acceptors (Lipinski definition) is 6. The van der Waals surface area contributed by atoms with Crippen LogP contribution in [0.25, 0.3) is 0 Å². The molecule has 1 heterocycles. The SMILES string of the molecule is Cc1ccccc1OC(=O)OC1COS(=O)(=O)C1. The summed E-state index contributed by atoms with van der Waals surface area (Å²) >= 11 is 0. The topological polar surface area (TPSA) is 78.9 Å². The smallest absolute Gasteiger partial charge is 0.427 e. The van der Waals surface area contributed by atoms with Gasteiger partial charge in [0.15, 0.2) is 0 Å². The first-order valence-electron chi connectivity index (χ1n) is 5.27. The highest BCUT2D eigenvalue weighted by Gasteiger charge is 2.32. The Hall–Kier alpha value is -1.60. The summed E-state index contributed by atoms with van der Waals surface area (Å²) in [4.78, 5) is 11.4. The van der Waals surface area contributed by atoms with Gasteiger partial charge in [-0.25, -0.2) is 4.79 Å². The van der Waals surface area contributed by atoms with Crippen molar-refractivity contribution in [2.24, 2.45) is 0 Å². The van der Waals surface area contributed by atoms with Crippen molar-refractivity contribution in [3.8, 4) is 5.75 Å². The first kappa shape index (κ1) is 12.8. The average molecular weight is 272 g/mol. The molecule has 7 heteroatoms. The van der Waals surface area contributed by atoms with Gasteiger partial charge in [0.05, 0.1) is 0 Å². The maximum atomic E-state index is 11.4. The van der Waals surface area contributed by atoms with Gasteiger partial charge in [0.25, 0.3) is 10.1 Å². The molecule has 1 aliphatic rings. The van der Waals surface area contributed by atoms with Crippen LogP contribution in [0.5, 0.6) is 5.75 Å². The summed E-state index contributed by atoms with van der Waals surface area (Å²) in [6.07, 6.45) is -1.75. The second-order valence-corrected chi connectivity index (χ2v) is 5.55. The van der Waals surface area contributed by atoms with E-state index in [1.807, 2.05) is 6.07 Å². The van der Waals surface area contributed by atoms with Crippen LogP contribution in [0.1, 0.15) is 5.56 Å². The Morgan fingerprint density at radius 3 is 2.72 bits per heavy atom. The van der Waals surface area contributed by atoms with Crippen LogP contribution in [-0.2, 0) is 19.0 Å². The van der Waals surface area contributed by atoms with E-state index in [1.54, 1.807) is 25.1 Å². The third-order valence-electron chi connectivity index (χ3n) is 2.37. The molecule has 1 aliphatic heterocycles. The van der Waals surface area contributed by atoms with E-state index in [2.05, 4.69) is 4.18 Å². The minimum atomic E-state index is -3.55. The van der Waals surface area contributed by atoms with Gasteiger partial charge in [0, 0.05) is 0 Å². The van der Waals surface area contributed by atoms with E-state index in [9.17, 15) is 13.2 Å². The maximum Gasteiger partial charge on any atom is 0.514 e. The Balaban J connectivity index is 1.92. The predicted octanol–water partition coefficient (Wildman–Crippen LogP) is 1.24. The lowest BCUT2D eigenvalue weighted by atomic mass is 10.2. The molecule has 0 bridgehead atoms. The quantitative estimate of drug-likeness (QED) is 0.458. The van der Waals surface area contributed by atoms with Crippen molar-refractivity contribution in [2.45, 2.75) is 13.0 Å². The van der Waals surface area contributed by atoms with E-state index in [4.69, 9.17) is 9.47 Å². The number of carbonyl (C=O) groups is 1. The molecule has 1 unspecified atom stereocenters. The van der Waals surface area contributed by atoms with Crippen molar-refractivity contribution in [1.29, 1.82) is 0 Å². The normalized spacial score (nSPS) is 21.5. The monoisotopic (exact) mass is 272 g/mol. The largest absolute Gasteiger partial charge is 0.514 e. The first-order valence-corrected chi connectivity index (χ1v) is 6.85. The van der Waals surface area contributed by atoms with Crippen LogP contribution in [-0.4, -0.2) is 33.0 Å². The number of aryl methyl sites for hydroxylation is 1. The highest BCUT2D eigenvalue weighted by atomic mass is 32.2. The average Bonchev–Trinajstić information content (AvgIpc) is 2.61. The van der Waals surface area contributed by atoms with Crippen molar-refractivity contribution in [3.63, 3.8) is 0 Å². The summed E-state index contributed by atoms with van der Waals surface area (Å²) < 4.78 is 36.2. The highest BCUT2D eigenvalue weighted by Crippen LogP contribution is 2.18. The van der Waals surface area contributed by atoms with Crippen LogP contribution in [0.3, 0.4) is 0 Å². The maximum absolute atomic E-state index is 11.4. The fourth-order valence-electron chi connectivity index (χ4n) is 1.49. The van der Waals surface area contributed by atoms with E-state index in [-0.39, 0.29) is 12.4 Å². The van der Waals surface area contributed by atoms with Gasteiger partial charge in [0.1, 0.15) is 24.2 Å². The van der Waals surface area contributed by atoms with E-state index in [0.29, 0.717) is 5.75 Å². The molecule has 1 saturated heterocycles. The zero-order chi connectivity index (χ0) is 13.2. The lowest BCUT2D eigenvalue weighted by Crippen LogP contribution is -2.24. The molecule has 0 radical (unpaired) electrons. The van der Waals surface area contributed by atoms with Crippen molar-refractivity contribution >= 4 is 16.3 Å². The van der Waals surface area contributed by atoms with Gasteiger partial charge >= 0.3 is 6.16 Å². The zero-order valence-electron chi connectivity index (χ0n) is 9.66. The van der Waals surface area contributed by atoms with Crippen LogP contribution >= 0.6 is 0 Å². The zero-order valence-corrected chi connectivity index (χ0v) is 10.5. The van der Waals surface area contributed by atoms with Crippen LogP contribution in [0, 0.1) is 6.92 Å². The van der Waals surface area contributed by atoms with Gasteiger partial charge in [-0.1, -0.05) is 18.2 Å². The summed E-state index contributed by atoms with van der Waals surface area (Å²) in [7, 11) is -3.55. The van der Waals surface area contributed by atoms with Gasteiger partial charge in [-0.15, -0.1) is 0 Å². The molecule has 0 saturated carbocycles. The summed E-state index contributed by atoms with van der Waals surface area (Å²) in [5.41, 5.74) is 0.782. The van der Waals surface area contributed by atoms with Crippen molar-refractivity contribution in [2.75, 3.05) is 12.4 Å². The lowest BCUT2D eigenvalue weighted by molar-refractivity contribution is 0.0571. The molecule has 1 aromatic rings. The molecular formula is C11H12O6S. The third-order valence-corrected chi connectivity index (χ3v) is 3.65. The number of para-hydroxylation sites is 1. The molecule has 1 fully saturated rings. The molecule has 6 nitrogen and oxygen atoms in total. The lowest BCUT2D eigenvalue weighted by Gasteiger charge is -2.10. The molecule has 0 aromatic heterocycles. The second-order valence-electron chi connectivity index (χ2n) is 3.87. The van der Waals surface area contributed by atoms with Crippen LogP contribution in [0.2, 0.25) is 0 Å². The van der Waals surface area contributed by atoms with Crippen LogP contribution in [0.15, 0.2) is 24.3 Å². The standard InChI is InChI=1S/C11H12O6S/c1-8-4-2-3-5-10(8)17-11(12)16-9-6-15-18(13,14)7-9/h2-5,9H,6-7H2,1H3. The molecular weight excluding hydrogens is 260 g/mol. The van der Waals surface area contributed by atoms with E-state index < -0.39 is 22.4 Å². The summed E-state index contributed by atoms with van der Waals surface area (Å²) in [6, 6.07) is 6.94. The van der Waals surface area contributed by atoms with Gasteiger partial charge in [-0.2, -0.15) is 8.42 Å². The molecule has 0 aliphatic carbocycles. The van der Waals surface area contributed by atoms with Crippen molar-refractivity contribution < 1.29 is 26.9 Å². The summed E-state index contributed by atoms with van der Waals surface area (Å²) in [5, 5.41) is 0. The molecule has 2 rings (SSSR count). The number of carbonyl (C=O) groups excluding carboxylic acids is 1. The molecule has 0 N–H and O–H groups in total. The van der Waals surface area contributed by atoms with Gasteiger partial charge in [-0.3, -0.25) is 4.18 Å². The number of hydrogen-bond donors (Lipinski definition) is 0. The van der Waals surface area contributed by atoms with Crippen molar-refractivity contribution in [3.05, 3.63) is 29.8 Å². The Morgan fingerprint density at radius 1 is 1.39 bits per heavy atom. The molecule has 1 atom stereocenters. The van der Waals surface area contributed by atoms with Gasteiger partial charge in [0.2, 0.25) is 0 Å². The fourth-order valence-corrected chi connectivity index (χ4v) is 2.57. The minimum absolute atomic E-state index is 0.162. The third kappa shape index (κ3) is 3.21. The van der Waals surface area contributed by atoms with E-state index in [1.165, 1.54) is 0 Å². The van der Waals surface area contributed by atoms with E-state index in [0.717, 1.165) is 5.56 Å². The summed E-state index contributed by atoms with van der Waals surface area (Å²) in [6.45, 7) is 1.62. The van der Waals surface area contributed by atoms with Crippen LogP contribution < -0.4 is 4.74 Å². The number of ether oxygens (including phenoxy) is 2.